The zero-order valence-corrected chi connectivity index (χ0v) is 15.0. The maximum Gasteiger partial charge on any atom is 0.0691 e. The molecule has 134 valence electrons. The van der Waals surface area contributed by atoms with E-state index in [1.54, 1.807) is 0 Å². The van der Waals surface area contributed by atoms with Crippen LogP contribution in [-0.4, -0.2) is 27.4 Å². The standard InChI is InChI=1S/C21H29N3O/c1(7-18-15-23-24-16-18)3-9-20(19-8-2-6-13-22-19)12-14-25-21(17-20)10-4-5-11-21/h2,6,8,13,15-16H,1,3-5,7,9-12,14,17H2,(H,23,24). The highest BCUT2D eigenvalue weighted by molar-refractivity contribution is 5.20. The predicted molar refractivity (Wildman–Crippen MR) is 98.4 cm³/mol. The van der Waals surface area contributed by atoms with Crippen LogP contribution in [-0.2, 0) is 16.6 Å². The van der Waals surface area contributed by atoms with E-state index < -0.39 is 0 Å². The van der Waals surface area contributed by atoms with E-state index in [0.717, 1.165) is 25.9 Å². The molecule has 4 nitrogen and oxygen atoms in total. The molecular formula is C21H29N3O. The lowest BCUT2D eigenvalue weighted by atomic mass is 9.67. The van der Waals surface area contributed by atoms with Crippen molar-refractivity contribution >= 4 is 0 Å². The van der Waals surface area contributed by atoms with Gasteiger partial charge in [-0.05, 0) is 62.6 Å². The first-order valence-electron chi connectivity index (χ1n) is 9.84. The highest BCUT2D eigenvalue weighted by Gasteiger charge is 2.48. The number of nitrogens with one attached hydrogen (secondary N) is 1. The first kappa shape index (κ1) is 16.8. The molecule has 0 amide bonds. The van der Waals surface area contributed by atoms with Crippen LogP contribution < -0.4 is 0 Å². The highest BCUT2D eigenvalue weighted by atomic mass is 16.5. The molecule has 2 fully saturated rings. The SMILES string of the molecule is c1ccc(C2(CCCCc3cn[nH]c3)CCOC3(CCCC3)C2)nc1. The molecule has 0 radical (unpaired) electrons. The first-order valence-corrected chi connectivity index (χ1v) is 9.84. The number of aryl methyl sites for hydroxylation is 1. The molecule has 3 heterocycles. The monoisotopic (exact) mass is 339 g/mol. The van der Waals surface area contributed by atoms with E-state index in [0.29, 0.717) is 0 Å². The Balaban J connectivity index is 1.48. The van der Waals surface area contributed by atoms with Gasteiger partial charge in [-0.2, -0.15) is 5.10 Å². The third-order valence-corrected chi connectivity index (χ3v) is 6.30. The molecule has 0 bridgehead atoms. The third kappa shape index (κ3) is 3.64. The Kier molecular flexibility index (Phi) is 4.89. The number of aromatic nitrogens is 3. The van der Waals surface area contributed by atoms with Crippen molar-refractivity contribution in [3.63, 3.8) is 0 Å². The van der Waals surface area contributed by atoms with Crippen molar-refractivity contribution < 1.29 is 4.74 Å². The van der Waals surface area contributed by atoms with Crippen molar-refractivity contribution in [3.8, 4) is 0 Å². The summed E-state index contributed by atoms with van der Waals surface area (Å²) in [6.45, 7) is 0.887. The average Bonchev–Trinajstić information content (AvgIpc) is 3.32. The maximum absolute atomic E-state index is 6.33. The van der Waals surface area contributed by atoms with E-state index in [2.05, 4.69) is 22.3 Å². The van der Waals surface area contributed by atoms with Gasteiger partial charge >= 0.3 is 0 Å². The van der Waals surface area contributed by atoms with Crippen molar-refractivity contribution in [3.05, 3.63) is 48.0 Å². The molecule has 2 aromatic heterocycles. The van der Waals surface area contributed by atoms with E-state index in [9.17, 15) is 0 Å². The zero-order valence-electron chi connectivity index (χ0n) is 15.0. The van der Waals surface area contributed by atoms with Crippen LogP contribution in [0.3, 0.4) is 0 Å². The molecule has 2 aliphatic rings. The number of nitrogens with zero attached hydrogens (tertiary/aromatic N) is 2. The molecule has 4 heteroatoms. The minimum absolute atomic E-state index is 0.125. The van der Waals surface area contributed by atoms with Gasteiger partial charge in [0.25, 0.3) is 0 Å². The Bertz CT molecular complexity index is 649. The second-order valence-corrected chi connectivity index (χ2v) is 7.97. The number of aromatic amines is 1. The number of ether oxygens (including phenoxy) is 1. The quantitative estimate of drug-likeness (QED) is 0.784. The highest BCUT2D eigenvalue weighted by Crippen LogP contribution is 2.50. The molecule has 1 N–H and O–H groups in total. The zero-order chi connectivity index (χ0) is 17.0. The normalized spacial score (nSPS) is 25.4. The Morgan fingerprint density at radius 2 is 2.04 bits per heavy atom. The fourth-order valence-electron chi connectivity index (χ4n) is 5.00. The number of unbranched alkanes of at least 4 members (excludes halogenated alkanes) is 1. The smallest absolute Gasteiger partial charge is 0.0691 e. The molecule has 1 spiro atoms. The number of H-pyrrole nitrogens is 1. The van der Waals surface area contributed by atoms with Crippen LogP contribution in [0.2, 0.25) is 0 Å². The minimum atomic E-state index is 0.125. The van der Waals surface area contributed by atoms with Crippen LogP contribution in [0, 0.1) is 0 Å². The fraction of sp³-hybridized carbons (Fsp3) is 0.619. The molecule has 25 heavy (non-hydrogen) atoms. The van der Waals surface area contributed by atoms with Crippen LogP contribution in [0.25, 0.3) is 0 Å². The molecule has 2 aromatic rings. The molecule has 4 rings (SSSR count). The first-order chi connectivity index (χ1) is 12.3. The van der Waals surface area contributed by atoms with E-state index in [4.69, 9.17) is 9.72 Å². The van der Waals surface area contributed by atoms with E-state index in [-0.39, 0.29) is 11.0 Å². The van der Waals surface area contributed by atoms with Gasteiger partial charge in [0, 0.05) is 30.1 Å². The fourth-order valence-corrected chi connectivity index (χ4v) is 5.00. The van der Waals surface area contributed by atoms with Crippen LogP contribution in [0.15, 0.2) is 36.8 Å². The summed E-state index contributed by atoms with van der Waals surface area (Å²) in [5, 5.41) is 6.96. The summed E-state index contributed by atoms with van der Waals surface area (Å²) in [4.78, 5) is 4.79. The van der Waals surface area contributed by atoms with Gasteiger partial charge in [0.15, 0.2) is 0 Å². The molecule has 1 aliphatic carbocycles. The van der Waals surface area contributed by atoms with Gasteiger partial charge in [-0.1, -0.05) is 25.3 Å². The molecule has 1 saturated heterocycles. The van der Waals surface area contributed by atoms with Crippen LogP contribution >= 0.6 is 0 Å². The summed E-state index contributed by atoms with van der Waals surface area (Å²) >= 11 is 0. The second-order valence-electron chi connectivity index (χ2n) is 7.97. The molecule has 1 atom stereocenters. The lowest BCUT2D eigenvalue weighted by Gasteiger charge is -2.46. The van der Waals surface area contributed by atoms with Gasteiger partial charge in [-0.3, -0.25) is 10.1 Å². The topological polar surface area (TPSA) is 50.8 Å². The van der Waals surface area contributed by atoms with Gasteiger partial charge in [0.05, 0.1) is 11.8 Å². The number of hydrogen-bond acceptors (Lipinski definition) is 3. The Labute approximate surface area is 150 Å². The lowest BCUT2D eigenvalue weighted by molar-refractivity contribution is -0.104. The van der Waals surface area contributed by atoms with Crippen molar-refractivity contribution in [2.45, 2.75) is 75.2 Å². The van der Waals surface area contributed by atoms with Gasteiger partial charge in [-0.15, -0.1) is 0 Å². The van der Waals surface area contributed by atoms with Gasteiger partial charge < -0.3 is 4.74 Å². The Morgan fingerprint density at radius 3 is 2.80 bits per heavy atom. The predicted octanol–water partition coefficient (Wildman–Crippen LogP) is 4.58. The lowest BCUT2D eigenvalue weighted by Crippen LogP contribution is -2.46. The van der Waals surface area contributed by atoms with Gasteiger partial charge in [-0.25, -0.2) is 0 Å². The van der Waals surface area contributed by atoms with Crippen LogP contribution in [0.5, 0.6) is 0 Å². The third-order valence-electron chi connectivity index (χ3n) is 6.30. The van der Waals surface area contributed by atoms with Crippen LogP contribution in [0.4, 0.5) is 0 Å². The van der Waals surface area contributed by atoms with Crippen LogP contribution in [0.1, 0.15) is 69.0 Å². The second kappa shape index (κ2) is 7.28. The van der Waals surface area contributed by atoms with Crippen molar-refractivity contribution in [1.29, 1.82) is 0 Å². The molecule has 1 saturated carbocycles. The van der Waals surface area contributed by atoms with Gasteiger partial charge in [0.1, 0.15) is 0 Å². The summed E-state index contributed by atoms with van der Waals surface area (Å²) in [5.41, 5.74) is 2.92. The number of hydrogen-bond donors (Lipinski definition) is 1. The summed E-state index contributed by atoms with van der Waals surface area (Å²) in [7, 11) is 0. The summed E-state index contributed by atoms with van der Waals surface area (Å²) in [6.07, 6.45) is 18.0. The Hall–Kier alpha value is -1.68. The van der Waals surface area contributed by atoms with Crippen molar-refractivity contribution in [2.75, 3.05) is 6.61 Å². The molecule has 0 aromatic carbocycles. The number of pyridine rings is 1. The molecule has 1 aliphatic heterocycles. The summed E-state index contributed by atoms with van der Waals surface area (Å²) < 4.78 is 6.33. The average molecular weight is 339 g/mol. The van der Waals surface area contributed by atoms with Crippen molar-refractivity contribution in [1.82, 2.24) is 15.2 Å². The number of rotatable bonds is 6. The molecule has 1 unspecified atom stereocenters. The van der Waals surface area contributed by atoms with Gasteiger partial charge in [0.2, 0.25) is 0 Å². The largest absolute Gasteiger partial charge is 0.375 e. The summed E-state index contributed by atoms with van der Waals surface area (Å²) in [6, 6.07) is 6.41. The minimum Gasteiger partial charge on any atom is -0.375 e. The van der Waals surface area contributed by atoms with E-state index in [1.807, 2.05) is 24.7 Å². The Morgan fingerprint density at radius 1 is 1.12 bits per heavy atom. The summed E-state index contributed by atoms with van der Waals surface area (Å²) in [5.74, 6) is 0. The van der Waals surface area contributed by atoms with E-state index in [1.165, 1.54) is 56.2 Å². The van der Waals surface area contributed by atoms with Crippen molar-refractivity contribution in [2.24, 2.45) is 0 Å². The molecular weight excluding hydrogens is 310 g/mol. The maximum atomic E-state index is 6.33. The van der Waals surface area contributed by atoms with E-state index >= 15 is 0 Å².